The molecule has 3 atom stereocenters. The molecule has 0 saturated carbocycles. The van der Waals surface area contributed by atoms with Gasteiger partial charge >= 0.3 is 5.97 Å². The van der Waals surface area contributed by atoms with Crippen molar-refractivity contribution in [1.82, 2.24) is 21.3 Å². The molecule has 43 heavy (non-hydrogen) atoms. The van der Waals surface area contributed by atoms with Gasteiger partial charge in [-0.2, -0.15) is 0 Å². The van der Waals surface area contributed by atoms with E-state index in [1.807, 2.05) is 44.2 Å². The molecule has 14 heteroatoms. The Bertz CT molecular complexity index is 1120. The fourth-order valence-corrected chi connectivity index (χ4v) is 3.93. The lowest BCUT2D eigenvalue weighted by molar-refractivity contribution is -0.156. The van der Waals surface area contributed by atoms with Gasteiger partial charge in [0.2, 0.25) is 23.6 Å². The molecule has 0 fully saturated rings. The number of nitrogens with one attached hydrogen (secondary N) is 4. The number of hydrogen-bond acceptors (Lipinski definition) is 8. The lowest BCUT2D eigenvalue weighted by atomic mass is 10.0. The van der Waals surface area contributed by atoms with Crippen molar-refractivity contribution in [3.63, 3.8) is 0 Å². The molecule has 0 unspecified atom stereocenters. The molecule has 4 amide bonds. The first-order chi connectivity index (χ1) is 20.2. The van der Waals surface area contributed by atoms with Crippen LogP contribution >= 0.6 is 0 Å². The molecule has 1 aromatic rings. The number of benzene rings is 1. The van der Waals surface area contributed by atoms with Gasteiger partial charge in [-0.1, -0.05) is 49.3 Å². The van der Waals surface area contributed by atoms with Crippen molar-refractivity contribution in [3.05, 3.63) is 46.3 Å². The fourth-order valence-electron chi connectivity index (χ4n) is 3.93. The number of esters is 1. The molecule has 1 rings (SSSR count). The van der Waals surface area contributed by atoms with Gasteiger partial charge in [-0.3, -0.25) is 24.0 Å². The van der Waals surface area contributed by atoms with Gasteiger partial charge in [0.1, 0.15) is 23.7 Å². The van der Waals surface area contributed by atoms with Crippen LogP contribution in [0.3, 0.4) is 0 Å². The minimum atomic E-state index is -1.30. The minimum absolute atomic E-state index is 0.0231. The zero-order valence-electron chi connectivity index (χ0n) is 25.8. The van der Waals surface area contributed by atoms with Crippen molar-refractivity contribution >= 4 is 29.6 Å². The van der Waals surface area contributed by atoms with E-state index in [4.69, 9.17) is 15.0 Å². The van der Waals surface area contributed by atoms with E-state index in [9.17, 15) is 24.0 Å². The number of amides is 4. The van der Waals surface area contributed by atoms with Gasteiger partial charge in [-0.15, -0.1) is 0 Å². The van der Waals surface area contributed by atoms with Crippen molar-refractivity contribution in [2.75, 3.05) is 26.3 Å². The molecule has 0 aromatic heterocycles. The van der Waals surface area contributed by atoms with Crippen molar-refractivity contribution < 1.29 is 33.4 Å². The summed E-state index contributed by atoms with van der Waals surface area (Å²) in [6, 6.07) is 5.82. The van der Waals surface area contributed by atoms with E-state index < -0.39 is 59.7 Å². The fraction of sp³-hybridized carbons (Fsp3) is 0.621. The number of hydrogen-bond donors (Lipinski definition) is 4. The molecule has 4 N–H and O–H groups in total. The average molecular weight is 604 g/mol. The lowest BCUT2D eigenvalue weighted by Gasteiger charge is -2.27. The number of nitrogens with zero attached hydrogens (tertiary/aromatic N) is 3. The standard InChI is InChI=1S/C29H45N7O7/c1-19(2)16-22(34-28(41)23(33-20(3)37)17-21-10-8-7-9-11-21)27(40)35-24(18-25(38)43-29(4,5)6)26(39)31-12-14-42-15-13-32-36-30/h7-11,19,22-24H,12-18H2,1-6H3,(H,31,39)(H,33,37)(H,34,41)(H,35,40)/t22-,23-,24+/m1/s1. The van der Waals surface area contributed by atoms with Crippen LogP contribution in [0.5, 0.6) is 0 Å². The maximum absolute atomic E-state index is 13.5. The van der Waals surface area contributed by atoms with Crippen molar-refractivity contribution in [2.45, 2.75) is 84.5 Å². The van der Waals surface area contributed by atoms with Crippen LogP contribution < -0.4 is 21.3 Å². The second-order valence-electron chi connectivity index (χ2n) is 11.3. The smallest absolute Gasteiger partial charge is 0.308 e. The zero-order chi connectivity index (χ0) is 32.4. The van der Waals surface area contributed by atoms with Crippen molar-refractivity contribution in [2.24, 2.45) is 11.0 Å². The monoisotopic (exact) mass is 603 g/mol. The molecule has 0 radical (unpaired) electrons. The Morgan fingerprint density at radius 1 is 0.907 bits per heavy atom. The summed E-state index contributed by atoms with van der Waals surface area (Å²) in [5, 5.41) is 13.9. The summed E-state index contributed by atoms with van der Waals surface area (Å²) in [7, 11) is 0. The Morgan fingerprint density at radius 2 is 1.53 bits per heavy atom. The molecule has 14 nitrogen and oxygen atoms in total. The molecule has 0 aliphatic heterocycles. The van der Waals surface area contributed by atoms with E-state index in [-0.39, 0.29) is 45.1 Å². The number of azide groups is 1. The third-order valence-electron chi connectivity index (χ3n) is 5.69. The Balaban J connectivity index is 3.05. The van der Waals surface area contributed by atoms with Crippen LogP contribution in [-0.4, -0.2) is 79.6 Å². The van der Waals surface area contributed by atoms with E-state index in [1.165, 1.54) is 6.92 Å². The third-order valence-corrected chi connectivity index (χ3v) is 5.69. The summed E-state index contributed by atoms with van der Waals surface area (Å²) >= 11 is 0. The summed E-state index contributed by atoms with van der Waals surface area (Å²) in [6.07, 6.45) is -0.0101. The van der Waals surface area contributed by atoms with Gasteiger partial charge in [0.05, 0.1) is 19.6 Å². The number of carbonyl (C=O) groups is 5. The first-order valence-electron chi connectivity index (χ1n) is 14.2. The molecule has 0 heterocycles. The normalized spacial score (nSPS) is 13.1. The van der Waals surface area contributed by atoms with Crippen molar-refractivity contribution in [3.8, 4) is 0 Å². The summed E-state index contributed by atoms with van der Waals surface area (Å²) in [5.74, 6) is -3.00. The van der Waals surface area contributed by atoms with Crippen molar-refractivity contribution in [1.29, 1.82) is 0 Å². The van der Waals surface area contributed by atoms with E-state index in [0.717, 1.165) is 5.56 Å². The summed E-state index contributed by atoms with van der Waals surface area (Å²) in [4.78, 5) is 66.9. The predicted molar refractivity (Wildman–Crippen MR) is 159 cm³/mol. The van der Waals surface area contributed by atoms with Crippen LogP contribution in [0.25, 0.3) is 10.4 Å². The molecule has 1 aromatic carbocycles. The molecular formula is C29H45N7O7. The van der Waals surface area contributed by atoms with Crippen LogP contribution in [0.4, 0.5) is 0 Å². The quantitative estimate of drug-likeness (QED) is 0.0645. The lowest BCUT2D eigenvalue weighted by Crippen LogP contribution is -2.57. The van der Waals surface area contributed by atoms with Gasteiger partial charge in [0.15, 0.2) is 0 Å². The second kappa shape index (κ2) is 19.1. The topological polar surface area (TPSA) is 201 Å². The Morgan fingerprint density at radius 3 is 2.12 bits per heavy atom. The van der Waals surface area contributed by atoms with Gasteiger partial charge in [-0.25, -0.2) is 0 Å². The highest BCUT2D eigenvalue weighted by Crippen LogP contribution is 2.12. The average Bonchev–Trinajstić information content (AvgIpc) is 2.90. The first kappa shape index (κ1) is 36.9. The summed E-state index contributed by atoms with van der Waals surface area (Å²) in [6.45, 7) is 10.6. The highest BCUT2D eigenvalue weighted by atomic mass is 16.6. The molecular weight excluding hydrogens is 558 g/mol. The van der Waals surface area contributed by atoms with Crippen LogP contribution in [0.15, 0.2) is 35.4 Å². The van der Waals surface area contributed by atoms with Crippen LogP contribution in [0.2, 0.25) is 0 Å². The molecule has 238 valence electrons. The highest BCUT2D eigenvalue weighted by Gasteiger charge is 2.32. The highest BCUT2D eigenvalue weighted by molar-refractivity contribution is 5.95. The number of ether oxygens (including phenoxy) is 2. The number of carbonyl (C=O) groups excluding carboxylic acids is 5. The maximum atomic E-state index is 13.5. The molecule has 0 spiro atoms. The zero-order valence-corrected chi connectivity index (χ0v) is 25.8. The summed E-state index contributed by atoms with van der Waals surface area (Å²) < 4.78 is 10.6. The van der Waals surface area contributed by atoms with E-state index in [2.05, 4.69) is 31.3 Å². The Labute approximate surface area is 252 Å². The van der Waals surface area contributed by atoms with E-state index >= 15 is 0 Å². The van der Waals surface area contributed by atoms with Gasteiger partial charge in [-0.05, 0) is 44.2 Å². The van der Waals surface area contributed by atoms with Crippen LogP contribution in [-0.2, 0) is 39.9 Å². The third kappa shape index (κ3) is 16.8. The maximum Gasteiger partial charge on any atom is 0.308 e. The Hall–Kier alpha value is -4.16. The van der Waals surface area contributed by atoms with Crippen LogP contribution in [0, 0.1) is 5.92 Å². The SMILES string of the molecule is CC(=O)N[C@H](Cc1ccccc1)C(=O)N[C@H](CC(C)C)C(=O)N[C@@H](CC(=O)OC(C)(C)C)C(=O)NCCOCCN=[N+]=[N-]. The molecule has 0 bridgehead atoms. The van der Waals surface area contributed by atoms with Crippen LogP contribution in [0.1, 0.15) is 59.9 Å². The largest absolute Gasteiger partial charge is 0.460 e. The van der Waals surface area contributed by atoms with Gasteiger partial charge < -0.3 is 30.7 Å². The van der Waals surface area contributed by atoms with Gasteiger partial charge in [0.25, 0.3) is 0 Å². The molecule has 0 aliphatic rings. The van der Waals surface area contributed by atoms with E-state index in [1.54, 1.807) is 20.8 Å². The first-order valence-corrected chi connectivity index (χ1v) is 14.2. The minimum Gasteiger partial charge on any atom is -0.460 e. The molecule has 0 saturated heterocycles. The Kier molecular flexibility index (Phi) is 16.4. The molecule has 0 aliphatic carbocycles. The second-order valence-corrected chi connectivity index (χ2v) is 11.3. The summed E-state index contributed by atoms with van der Waals surface area (Å²) in [5.41, 5.74) is 8.31. The van der Waals surface area contributed by atoms with Gasteiger partial charge in [0, 0.05) is 31.3 Å². The van der Waals surface area contributed by atoms with E-state index in [0.29, 0.717) is 0 Å². The predicted octanol–water partition coefficient (Wildman–Crippen LogP) is 1.92. The number of rotatable bonds is 18.